The number of aliphatic hydroxyl groups is 2. The molecule has 8 heteroatoms. The number of carbonyl (C=O) groups excluding carboxylic acids is 1. The van der Waals surface area contributed by atoms with Crippen LogP contribution < -0.4 is 0 Å². The molecule has 2 aromatic rings. The van der Waals surface area contributed by atoms with Crippen molar-refractivity contribution in [1.29, 1.82) is 0 Å². The fourth-order valence-electron chi connectivity index (χ4n) is 3.60. The first-order valence-electron chi connectivity index (χ1n) is 9.16. The Labute approximate surface area is 153 Å². The molecule has 1 saturated heterocycles. The van der Waals surface area contributed by atoms with Crippen LogP contribution in [-0.2, 0) is 11.3 Å². The van der Waals surface area contributed by atoms with Crippen molar-refractivity contribution in [3.63, 3.8) is 0 Å². The van der Waals surface area contributed by atoms with Crippen LogP contribution >= 0.6 is 0 Å². The van der Waals surface area contributed by atoms with Crippen LogP contribution in [0.15, 0.2) is 24.3 Å². The normalized spacial score (nSPS) is 20.4. The minimum atomic E-state index is -0.0311. The van der Waals surface area contributed by atoms with Gasteiger partial charge >= 0.3 is 0 Å². The van der Waals surface area contributed by atoms with E-state index in [4.69, 9.17) is 5.11 Å². The second-order valence-electron chi connectivity index (χ2n) is 6.84. The Kier molecular flexibility index (Phi) is 6.18. The van der Waals surface area contributed by atoms with Gasteiger partial charge in [0.05, 0.1) is 6.61 Å². The summed E-state index contributed by atoms with van der Waals surface area (Å²) in [6.07, 6.45) is 0. The monoisotopic (exact) mass is 361 g/mol. The van der Waals surface area contributed by atoms with Gasteiger partial charge in [0, 0.05) is 38.7 Å². The standard InChI is InChI=1S/C18H27N5O3/c1-2-21(7-8-24)9-14-10-22(11-15(14)13-25)18(26)12-23-19-16-5-3-4-6-17(16)20-23/h3-6,14-15,24-25H,2,7-13H2,1H3/t14-,15-/m1/s1. The van der Waals surface area contributed by atoms with Crippen LogP contribution in [0.4, 0.5) is 0 Å². The van der Waals surface area contributed by atoms with Gasteiger partial charge in [0.25, 0.3) is 0 Å². The van der Waals surface area contributed by atoms with Gasteiger partial charge in [0.15, 0.2) is 0 Å². The number of amides is 1. The van der Waals surface area contributed by atoms with E-state index in [1.165, 1.54) is 4.80 Å². The number of aliphatic hydroxyl groups excluding tert-OH is 2. The van der Waals surface area contributed by atoms with Gasteiger partial charge in [-0.05, 0) is 24.6 Å². The molecule has 1 amide bonds. The third-order valence-electron chi connectivity index (χ3n) is 5.12. The predicted molar refractivity (Wildman–Crippen MR) is 97.4 cm³/mol. The van der Waals surface area contributed by atoms with E-state index in [0.717, 1.165) is 24.1 Å². The molecule has 1 aliphatic heterocycles. The molecular formula is C18H27N5O3. The molecule has 0 spiro atoms. The van der Waals surface area contributed by atoms with Crippen LogP contribution in [0.5, 0.6) is 0 Å². The van der Waals surface area contributed by atoms with Gasteiger partial charge < -0.3 is 20.0 Å². The van der Waals surface area contributed by atoms with E-state index in [9.17, 15) is 9.90 Å². The zero-order valence-corrected chi connectivity index (χ0v) is 15.2. The molecule has 1 aliphatic rings. The highest BCUT2D eigenvalue weighted by Gasteiger charge is 2.35. The summed E-state index contributed by atoms with van der Waals surface area (Å²) in [5.74, 6) is 0.243. The van der Waals surface area contributed by atoms with Crippen molar-refractivity contribution in [3.8, 4) is 0 Å². The molecule has 2 heterocycles. The molecule has 1 aromatic carbocycles. The Morgan fingerprint density at radius 3 is 2.42 bits per heavy atom. The molecule has 142 valence electrons. The van der Waals surface area contributed by atoms with Gasteiger partial charge in [-0.3, -0.25) is 4.79 Å². The third kappa shape index (κ3) is 4.20. The van der Waals surface area contributed by atoms with Crippen molar-refractivity contribution in [3.05, 3.63) is 24.3 Å². The van der Waals surface area contributed by atoms with Gasteiger partial charge in [0.1, 0.15) is 17.6 Å². The number of aromatic nitrogens is 3. The summed E-state index contributed by atoms with van der Waals surface area (Å²) in [6.45, 7) is 5.74. The Morgan fingerprint density at radius 2 is 1.85 bits per heavy atom. The van der Waals surface area contributed by atoms with Crippen molar-refractivity contribution < 1.29 is 15.0 Å². The first-order chi connectivity index (χ1) is 12.6. The molecule has 0 aliphatic carbocycles. The number of hydrogen-bond donors (Lipinski definition) is 2. The van der Waals surface area contributed by atoms with Crippen molar-refractivity contribution in [2.75, 3.05) is 45.9 Å². The summed E-state index contributed by atoms with van der Waals surface area (Å²) in [6, 6.07) is 7.53. The molecular weight excluding hydrogens is 334 g/mol. The van der Waals surface area contributed by atoms with Crippen LogP contribution in [0.1, 0.15) is 6.92 Å². The van der Waals surface area contributed by atoms with E-state index in [2.05, 4.69) is 22.0 Å². The van der Waals surface area contributed by atoms with E-state index in [1.807, 2.05) is 24.3 Å². The van der Waals surface area contributed by atoms with Crippen LogP contribution in [0.25, 0.3) is 11.0 Å². The first-order valence-corrected chi connectivity index (χ1v) is 9.16. The quantitative estimate of drug-likeness (QED) is 0.677. The van der Waals surface area contributed by atoms with Crippen LogP contribution in [-0.4, -0.2) is 86.9 Å². The van der Waals surface area contributed by atoms with Crippen molar-refractivity contribution in [1.82, 2.24) is 24.8 Å². The highest BCUT2D eigenvalue weighted by molar-refractivity contribution is 5.77. The number of fused-ring (bicyclic) bond motifs is 1. The average Bonchev–Trinajstić information content (AvgIpc) is 3.24. The fourth-order valence-corrected chi connectivity index (χ4v) is 3.60. The SMILES string of the molecule is CCN(CCO)C[C@@H]1CN(C(=O)Cn2nc3ccccc3n2)C[C@@H]1CO. The number of nitrogens with zero attached hydrogens (tertiary/aromatic N) is 5. The molecule has 0 saturated carbocycles. The van der Waals surface area contributed by atoms with Crippen molar-refractivity contribution >= 4 is 16.9 Å². The number of likely N-dealkylation sites (tertiary alicyclic amines) is 1. The lowest BCUT2D eigenvalue weighted by molar-refractivity contribution is -0.131. The number of carbonyl (C=O) groups is 1. The predicted octanol–water partition coefficient (Wildman–Crippen LogP) is -0.188. The van der Waals surface area contributed by atoms with E-state index < -0.39 is 0 Å². The lowest BCUT2D eigenvalue weighted by atomic mass is 9.96. The molecule has 0 bridgehead atoms. The van der Waals surface area contributed by atoms with E-state index in [1.54, 1.807) is 4.90 Å². The molecule has 0 radical (unpaired) electrons. The topological polar surface area (TPSA) is 94.7 Å². The highest BCUT2D eigenvalue weighted by Crippen LogP contribution is 2.24. The molecule has 2 atom stereocenters. The van der Waals surface area contributed by atoms with E-state index in [0.29, 0.717) is 19.6 Å². The Morgan fingerprint density at radius 1 is 1.19 bits per heavy atom. The maximum Gasteiger partial charge on any atom is 0.246 e. The van der Waals surface area contributed by atoms with Gasteiger partial charge in [-0.25, -0.2) is 0 Å². The lowest BCUT2D eigenvalue weighted by Gasteiger charge is -2.25. The summed E-state index contributed by atoms with van der Waals surface area (Å²) in [4.78, 5) is 18.1. The smallest absolute Gasteiger partial charge is 0.246 e. The minimum Gasteiger partial charge on any atom is -0.396 e. The number of likely N-dealkylation sites (N-methyl/N-ethyl adjacent to an activating group) is 1. The molecule has 0 unspecified atom stereocenters. The maximum atomic E-state index is 12.7. The zero-order valence-electron chi connectivity index (χ0n) is 15.2. The lowest BCUT2D eigenvalue weighted by Crippen LogP contribution is -2.36. The second kappa shape index (κ2) is 8.57. The molecule has 1 aromatic heterocycles. The fraction of sp³-hybridized carbons (Fsp3) is 0.611. The Balaban J connectivity index is 1.62. The maximum absolute atomic E-state index is 12.7. The Bertz CT molecular complexity index is 701. The number of benzene rings is 1. The number of hydrogen-bond acceptors (Lipinski definition) is 6. The van der Waals surface area contributed by atoms with Gasteiger partial charge in [-0.1, -0.05) is 19.1 Å². The van der Waals surface area contributed by atoms with Gasteiger partial charge in [-0.15, -0.1) is 0 Å². The molecule has 8 nitrogen and oxygen atoms in total. The van der Waals surface area contributed by atoms with Crippen molar-refractivity contribution in [2.45, 2.75) is 13.5 Å². The second-order valence-corrected chi connectivity index (χ2v) is 6.84. The average molecular weight is 361 g/mol. The minimum absolute atomic E-state index is 0.0311. The number of rotatable bonds is 8. The van der Waals surface area contributed by atoms with Gasteiger partial charge in [0.2, 0.25) is 5.91 Å². The van der Waals surface area contributed by atoms with E-state index >= 15 is 0 Å². The first kappa shape index (κ1) is 18.8. The van der Waals surface area contributed by atoms with Gasteiger partial charge in [-0.2, -0.15) is 15.0 Å². The summed E-state index contributed by atoms with van der Waals surface area (Å²) in [5.41, 5.74) is 1.55. The molecule has 26 heavy (non-hydrogen) atoms. The molecule has 3 rings (SSSR count). The highest BCUT2D eigenvalue weighted by atomic mass is 16.3. The van der Waals surface area contributed by atoms with Crippen LogP contribution in [0.3, 0.4) is 0 Å². The van der Waals surface area contributed by atoms with Crippen LogP contribution in [0, 0.1) is 11.8 Å². The summed E-state index contributed by atoms with van der Waals surface area (Å²) in [7, 11) is 0. The molecule has 2 N–H and O–H groups in total. The summed E-state index contributed by atoms with van der Waals surface area (Å²) in [5, 5.41) is 27.5. The largest absolute Gasteiger partial charge is 0.396 e. The van der Waals surface area contributed by atoms with Crippen LogP contribution in [0.2, 0.25) is 0 Å². The summed E-state index contributed by atoms with van der Waals surface area (Å²) >= 11 is 0. The Hall–Kier alpha value is -2.03. The van der Waals surface area contributed by atoms with E-state index in [-0.39, 0.29) is 37.5 Å². The van der Waals surface area contributed by atoms with Crippen molar-refractivity contribution in [2.24, 2.45) is 11.8 Å². The zero-order chi connectivity index (χ0) is 18.5. The summed E-state index contributed by atoms with van der Waals surface area (Å²) < 4.78 is 0. The third-order valence-corrected chi connectivity index (χ3v) is 5.12. The molecule has 1 fully saturated rings.